The molecule has 2 N–H and O–H groups in total. The molecule has 38 heavy (non-hydrogen) atoms. The molecule has 2 aromatic rings. The van der Waals surface area contributed by atoms with Gasteiger partial charge in [-0.3, -0.25) is 4.79 Å². The molecule has 0 atom stereocenters. The summed E-state index contributed by atoms with van der Waals surface area (Å²) in [6, 6.07) is 10.3. The maximum atomic E-state index is 16.3. The van der Waals surface area contributed by atoms with Gasteiger partial charge in [-0.05, 0) is 29.2 Å². The van der Waals surface area contributed by atoms with Gasteiger partial charge in [0.2, 0.25) is 0 Å². The molecule has 2 aliphatic rings. The van der Waals surface area contributed by atoms with Crippen LogP contribution in [0.3, 0.4) is 0 Å². The summed E-state index contributed by atoms with van der Waals surface area (Å²) in [6.45, 7) is 2.45. The predicted octanol–water partition coefficient (Wildman–Crippen LogP) is 2.68. The number of rotatable bonds is 10. The third-order valence-electron chi connectivity index (χ3n) is 6.03. The Morgan fingerprint density at radius 2 is 1.95 bits per heavy atom. The van der Waals surface area contributed by atoms with Crippen molar-refractivity contribution in [2.24, 2.45) is 0 Å². The Hall–Kier alpha value is -3.68. The zero-order chi connectivity index (χ0) is 27.3. The van der Waals surface area contributed by atoms with E-state index in [1.165, 1.54) is 12.1 Å². The summed E-state index contributed by atoms with van der Waals surface area (Å²) < 4.78 is 66.5. The minimum Gasteiger partial charge on any atom is -0.487 e. The molecule has 1 saturated heterocycles. The number of nitrogens with zero attached hydrogens (tertiary/aromatic N) is 1. The van der Waals surface area contributed by atoms with Crippen molar-refractivity contribution in [3.63, 3.8) is 0 Å². The number of anilines is 1. The van der Waals surface area contributed by atoms with Crippen LogP contribution in [0.5, 0.6) is 5.75 Å². The summed E-state index contributed by atoms with van der Waals surface area (Å²) in [5.74, 6) is -3.88. The van der Waals surface area contributed by atoms with E-state index in [0.29, 0.717) is 37.2 Å². The Kier molecular flexibility index (Phi) is 8.19. The molecular formula is C25H27FN2O9S. The van der Waals surface area contributed by atoms with Gasteiger partial charge in [0.05, 0.1) is 13.2 Å². The van der Waals surface area contributed by atoms with Crippen molar-refractivity contribution in [2.75, 3.05) is 30.7 Å². The number of carbonyl (C=O) groups is 2. The largest absolute Gasteiger partial charge is 0.487 e. The first-order chi connectivity index (χ1) is 18.1. The van der Waals surface area contributed by atoms with Crippen LogP contribution in [0.2, 0.25) is 0 Å². The molecule has 0 saturated carbocycles. The number of aliphatic carboxylic acids is 1. The summed E-state index contributed by atoms with van der Waals surface area (Å²) in [7, 11) is -4.97. The third-order valence-corrected chi connectivity index (χ3v) is 7.35. The minimum atomic E-state index is -4.97. The van der Waals surface area contributed by atoms with E-state index < -0.39 is 46.1 Å². The molecule has 1 spiro atoms. The number of carboxylic acid groups (broad SMARTS) is 1. The monoisotopic (exact) mass is 550 g/mol. The van der Waals surface area contributed by atoms with E-state index in [1.54, 1.807) is 35.1 Å². The Morgan fingerprint density at radius 3 is 2.61 bits per heavy atom. The van der Waals surface area contributed by atoms with Gasteiger partial charge >= 0.3 is 22.3 Å². The lowest BCUT2D eigenvalue weighted by atomic mass is 9.86. The van der Waals surface area contributed by atoms with Crippen molar-refractivity contribution >= 4 is 28.0 Å². The molecule has 0 radical (unpaired) electrons. The van der Waals surface area contributed by atoms with Crippen molar-refractivity contribution < 1.29 is 46.5 Å². The number of fused-ring (bicyclic) bond motifs is 1. The number of hydrogen-bond acceptors (Lipinski definition) is 8. The number of amides is 1. The standard InChI is InChI=1S/C25H27FN2O9S/c1-2-10-34-24(31)27-38(32,33)28(15-21(29)30)23-20(35-16-17-6-4-3-5-7-17)13-18-8-9-25(36-11-12-37-25)14-19(18)22(23)26/h2-7,13H,1,8-12,14-16H2,(H,27,31)(H,29,30). The summed E-state index contributed by atoms with van der Waals surface area (Å²) in [5.41, 5.74) is 0.702. The Morgan fingerprint density at radius 1 is 1.24 bits per heavy atom. The van der Waals surface area contributed by atoms with Gasteiger partial charge in [0.25, 0.3) is 0 Å². The Labute approximate surface area is 218 Å². The molecule has 11 nitrogen and oxygen atoms in total. The second-order valence-electron chi connectivity index (χ2n) is 8.63. The van der Waals surface area contributed by atoms with E-state index in [2.05, 4.69) is 11.3 Å². The summed E-state index contributed by atoms with van der Waals surface area (Å²) in [5, 5.41) is 9.51. The minimum absolute atomic E-state index is 0.0180. The number of benzene rings is 2. The second kappa shape index (κ2) is 11.4. The number of aryl methyl sites for hydroxylation is 1. The van der Waals surface area contributed by atoms with Crippen LogP contribution < -0.4 is 13.8 Å². The number of hydrogen-bond donors (Lipinski definition) is 2. The lowest BCUT2D eigenvalue weighted by molar-refractivity contribution is -0.164. The van der Waals surface area contributed by atoms with Gasteiger partial charge in [0.15, 0.2) is 11.6 Å². The van der Waals surface area contributed by atoms with Crippen molar-refractivity contribution in [2.45, 2.75) is 31.7 Å². The number of nitrogens with one attached hydrogen (secondary N) is 1. The van der Waals surface area contributed by atoms with E-state index in [1.807, 2.05) is 0 Å². The molecule has 0 aromatic heterocycles. The van der Waals surface area contributed by atoms with Gasteiger partial charge in [0.1, 0.15) is 31.2 Å². The Balaban J connectivity index is 1.80. The van der Waals surface area contributed by atoms with Gasteiger partial charge in [-0.2, -0.15) is 8.42 Å². The van der Waals surface area contributed by atoms with Crippen molar-refractivity contribution in [3.05, 3.63) is 71.6 Å². The molecule has 0 bridgehead atoms. The molecule has 204 valence electrons. The summed E-state index contributed by atoms with van der Waals surface area (Å²) in [4.78, 5) is 23.7. The second-order valence-corrected chi connectivity index (χ2v) is 10.2. The molecule has 1 fully saturated rings. The van der Waals surface area contributed by atoms with Crippen LogP contribution >= 0.6 is 0 Å². The average molecular weight is 551 g/mol. The van der Waals surface area contributed by atoms with Crippen molar-refractivity contribution in [1.82, 2.24) is 4.72 Å². The SMILES string of the molecule is C=CCOC(=O)NS(=O)(=O)N(CC(=O)O)c1c(OCc2ccccc2)cc2c(c1F)CC1(CC2)OCCO1. The molecule has 2 aromatic carbocycles. The lowest BCUT2D eigenvalue weighted by Gasteiger charge is -2.34. The number of halogens is 1. The van der Waals surface area contributed by atoms with E-state index in [-0.39, 0.29) is 35.3 Å². The van der Waals surface area contributed by atoms with E-state index in [4.69, 9.17) is 14.2 Å². The van der Waals surface area contributed by atoms with Crippen LogP contribution in [-0.2, 0) is 48.7 Å². The summed E-state index contributed by atoms with van der Waals surface area (Å²) >= 11 is 0. The smallest absolute Gasteiger partial charge is 0.422 e. The lowest BCUT2D eigenvalue weighted by Crippen LogP contribution is -2.47. The fourth-order valence-corrected chi connectivity index (χ4v) is 5.43. The van der Waals surface area contributed by atoms with Crippen molar-refractivity contribution in [1.29, 1.82) is 0 Å². The van der Waals surface area contributed by atoms with Crippen LogP contribution in [0.15, 0.2) is 49.1 Å². The molecular weight excluding hydrogens is 523 g/mol. The first-order valence-corrected chi connectivity index (χ1v) is 13.2. The van der Waals surface area contributed by atoms with Crippen LogP contribution in [0.25, 0.3) is 0 Å². The number of carboxylic acids is 1. The maximum Gasteiger partial charge on any atom is 0.422 e. The molecule has 1 aliphatic heterocycles. The fourth-order valence-electron chi connectivity index (χ4n) is 4.36. The Bertz CT molecular complexity index is 1310. The van der Waals surface area contributed by atoms with Gasteiger partial charge in [-0.15, -0.1) is 0 Å². The highest BCUT2D eigenvalue weighted by molar-refractivity contribution is 7.91. The van der Waals surface area contributed by atoms with Crippen LogP contribution in [0.4, 0.5) is 14.9 Å². The van der Waals surface area contributed by atoms with Gasteiger partial charge < -0.3 is 24.1 Å². The molecule has 4 rings (SSSR count). The fraction of sp³-hybridized carbons (Fsp3) is 0.360. The highest BCUT2D eigenvalue weighted by Crippen LogP contribution is 2.43. The zero-order valence-corrected chi connectivity index (χ0v) is 21.2. The highest BCUT2D eigenvalue weighted by atomic mass is 32.2. The predicted molar refractivity (Wildman–Crippen MR) is 132 cm³/mol. The van der Waals surface area contributed by atoms with Crippen LogP contribution in [0.1, 0.15) is 23.1 Å². The van der Waals surface area contributed by atoms with E-state index in [0.717, 1.165) is 0 Å². The molecule has 0 unspecified atom stereocenters. The number of carbonyl (C=O) groups excluding carboxylic acids is 1. The first-order valence-electron chi connectivity index (χ1n) is 11.7. The molecule has 13 heteroatoms. The van der Waals surface area contributed by atoms with Gasteiger partial charge in [-0.25, -0.2) is 18.2 Å². The summed E-state index contributed by atoms with van der Waals surface area (Å²) in [6.07, 6.45) is 0.604. The highest BCUT2D eigenvalue weighted by Gasteiger charge is 2.43. The topological polar surface area (TPSA) is 141 Å². The zero-order valence-electron chi connectivity index (χ0n) is 20.4. The normalized spacial score (nSPS) is 15.9. The quantitative estimate of drug-likeness (QED) is 0.427. The van der Waals surface area contributed by atoms with Crippen molar-refractivity contribution in [3.8, 4) is 5.75 Å². The van der Waals surface area contributed by atoms with E-state index >= 15 is 4.39 Å². The number of ether oxygens (including phenoxy) is 4. The molecule has 1 aliphatic carbocycles. The van der Waals surface area contributed by atoms with Gasteiger partial charge in [0, 0.05) is 12.8 Å². The van der Waals surface area contributed by atoms with Crippen LogP contribution in [-0.4, -0.2) is 57.7 Å². The van der Waals surface area contributed by atoms with Crippen LogP contribution in [0, 0.1) is 5.82 Å². The molecule has 1 amide bonds. The van der Waals surface area contributed by atoms with Gasteiger partial charge in [-0.1, -0.05) is 43.0 Å². The van der Waals surface area contributed by atoms with E-state index in [9.17, 15) is 23.1 Å². The first kappa shape index (κ1) is 27.4. The maximum absolute atomic E-state index is 16.3. The third kappa shape index (κ3) is 6.06. The molecule has 1 heterocycles. The average Bonchev–Trinajstić information content (AvgIpc) is 3.33.